The monoisotopic (exact) mass is 411 g/mol. The number of oxazole rings is 1. The van der Waals surface area contributed by atoms with Crippen molar-refractivity contribution in [3.8, 4) is 5.75 Å². The van der Waals surface area contributed by atoms with Gasteiger partial charge in [-0.2, -0.15) is 0 Å². The largest absolute Gasteiger partial charge is 0.496 e. The van der Waals surface area contributed by atoms with Crippen molar-refractivity contribution < 1.29 is 13.9 Å². The maximum Gasteiger partial charge on any atom is 0.265 e. The van der Waals surface area contributed by atoms with Crippen molar-refractivity contribution in [3.05, 3.63) is 63.3 Å². The first-order valence-electron chi connectivity index (χ1n) is 9.85. The number of nitrogens with zero attached hydrogens (tertiary/aromatic N) is 3. The number of likely N-dealkylation sites (tertiary alicyclic amines) is 1. The lowest BCUT2D eigenvalue weighted by Gasteiger charge is -2.31. The van der Waals surface area contributed by atoms with Crippen LogP contribution >= 0.6 is 11.3 Å². The highest BCUT2D eigenvalue weighted by Gasteiger charge is 2.30. The third-order valence-corrected chi connectivity index (χ3v) is 6.35. The Balaban J connectivity index is 1.46. The zero-order valence-corrected chi connectivity index (χ0v) is 17.8. The number of carbonyl (C=O) groups excluding carboxylic acids is 1. The maximum absolute atomic E-state index is 13.0. The quantitative estimate of drug-likeness (QED) is 0.624. The number of benzene rings is 1. The van der Waals surface area contributed by atoms with Crippen LogP contribution in [0.5, 0.6) is 5.75 Å². The van der Waals surface area contributed by atoms with Crippen molar-refractivity contribution in [1.29, 1.82) is 0 Å². The van der Waals surface area contributed by atoms with E-state index in [0.29, 0.717) is 18.9 Å². The van der Waals surface area contributed by atoms with Crippen molar-refractivity contribution >= 4 is 17.2 Å². The molecule has 0 aliphatic carbocycles. The number of methoxy groups -OCH3 is 1. The van der Waals surface area contributed by atoms with Gasteiger partial charge in [-0.3, -0.25) is 4.79 Å². The van der Waals surface area contributed by atoms with E-state index in [-0.39, 0.29) is 11.8 Å². The van der Waals surface area contributed by atoms with Gasteiger partial charge in [-0.1, -0.05) is 18.2 Å². The summed E-state index contributed by atoms with van der Waals surface area (Å²) in [6, 6.07) is 7.92. The van der Waals surface area contributed by atoms with Crippen LogP contribution in [-0.4, -0.2) is 41.0 Å². The molecular formula is C22H25N3O3S. The summed E-state index contributed by atoms with van der Waals surface area (Å²) in [6.07, 6.45) is 4.33. The molecule has 152 valence electrons. The molecule has 0 bridgehead atoms. The van der Waals surface area contributed by atoms with Gasteiger partial charge in [-0.25, -0.2) is 9.97 Å². The summed E-state index contributed by atoms with van der Waals surface area (Å²) in [4.78, 5) is 24.5. The standard InChI is InChI=1S/C22H25N3O3S/c1-14-20(29-15(2)24-14)22(26)25-10-6-8-17(13-25)21-23-12-18(28-21)11-16-7-4-5-9-19(16)27-3/h4-5,7,9,12,17H,6,8,10-11,13H2,1-3H3/t17-/m1/s1. The first-order valence-corrected chi connectivity index (χ1v) is 10.7. The van der Waals surface area contributed by atoms with E-state index < -0.39 is 0 Å². The number of thiazole rings is 1. The van der Waals surface area contributed by atoms with Gasteiger partial charge in [0, 0.05) is 25.1 Å². The van der Waals surface area contributed by atoms with Gasteiger partial charge in [0.2, 0.25) is 0 Å². The average molecular weight is 412 g/mol. The van der Waals surface area contributed by atoms with Crippen molar-refractivity contribution in [2.24, 2.45) is 0 Å². The Morgan fingerprint density at radius 2 is 2.17 bits per heavy atom. The highest BCUT2D eigenvalue weighted by molar-refractivity contribution is 7.13. The topological polar surface area (TPSA) is 68.5 Å². The third kappa shape index (κ3) is 4.19. The zero-order chi connectivity index (χ0) is 20.4. The number of rotatable bonds is 5. The fourth-order valence-electron chi connectivity index (χ4n) is 3.87. The van der Waals surface area contributed by atoms with E-state index in [9.17, 15) is 4.79 Å². The number of hydrogen-bond donors (Lipinski definition) is 0. The number of piperidine rings is 1. The molecule has 2 aromatic heterocycles. The second-order valence-electron chi connectivity index (χ2n) is 7.39. The molecule has 0 spiro atoms. The van der Waals surface area contributed by atoms with E-state index in [1.54, 1.807) is 13.3 Å². The molecule has 6 nitrogen and oxygen atoms in total. The minimum Gasteiger partial charge on any atom is -0.496 e. The Bertz CT molecular complexity index is 1010. The van der Waals surface area contributed by atoms with Crippen molar-refractivity contribution in [1.82, 2.24) is 14.9 Å². The average Bonchev–Trinajstić information content (AvgIpc) is 3.34. The Morgan fingerprint density at radius 1 is 1.34 bits per heavy atom. The van der Waals surface area contributed by atoms with Gasteiger partial charge < -0.3 is 14.1 Å². The van der Waals surface area contributed by atoms with Crippen LogP contribution in [0.15, 0.2) is 34.9 Å². The molecule has 29 heavy (non-hydrogen) atoms. The number of ether oxygens (including phenoxy) is 1. The molecule has 0 N–H and O–H groups in total. The highest BCUT2D eigenvalue weighted by atomic mass is 32.1. The summed E-state index contributed by atoms with van der Waals surface area (Å²) in [5.74, 6) is 2.55. The summed E-state index contributed by atoms with van der Waals surface area (Å²) >= 11 is 1.47. The summed E-state index contributed by atoms with van der Waals surface area (Å²) < 4.78 is 11.5. The van der Waals surface area contributed by atoms with E-state index >= 15 is 0 Å². The number of carbonyl (C=O) groups is 1. The van der Waals surface area contributed by atoms with Gasteiger partial charge in [0.1, 0.15) is 16.4 Å². The van der Waals surface area contributed by atoms with Crippen molar-refractivity contribution in [2.45, 2.75) is 39.0 Å². The number of para-hydroxylation sites is 1. The first kappa shape index (κ1) is 19.6. The molecule has 4 rings (SSSR count). The smallest absolute Gasteiger partial charge is 0.265 e. The van der Waals surface area contributed by atoms with Crippen LogP contribution < -0.4 is 4.74 Å². The van der Waals surface area contributed by atoms with Crippen LogP contribution in [0.1, 0.15) is 56.3 Å². The Labute approximate surface area is 174 Å². The van der Waals surface area contributed by atoms with Crippen molar-refractivity contribution in [2.75, 3.05) is 20.2 Å². The Kier molecular flexibility index (Phi) is 5.67. The molecule has 0 saturated carbocycles. The van der Waals surface area contributed by atoms with Crippen LogP contribution in [0.4, 0.5) is 0 Å². The second kappa shape index (κ2) is 8.37. The molecule has 0 radical (unpaired) electrons. The van der Waals surface area contributed by atoms with Gasteiger partial charge in [-0.15, -0.1) is 11.3 Å². The number of amides is 1. The molecule has 3 aromatic rings. The maximum atomic E-state index is 13.0. The molecule has 1 amide bonds. The van der Waals surface area contributed by atoms with Gasteiger partial charge in [0.05, 0.1) is 29.9 Å². The molecule has 1 aliphatic rings. The zero-order valence-electron chi connectivity index (χ0n) is 17.0. The Morgan fingerprint density at radius 3 is 2.93 bits per heavy atom. The predicted octanol–water partition coefficient (Wildman–Crippen LogP) is 4.37. The predicted molar refractivity (Wildman–Crippen MR) is 112 cm³/mol. The van der Waals surface area contributed by atoms with Crippen LogP contribution in [0.2, 0.25) is 0 Å². The molecule has 1 atom stereocenters. The van der Waals surface area contributed by atoms with E-state index in [4.69, 9.17) is 9.15 Å². The number of aromatic nitrogens is 2. The summed E-state index contributed by atoms with van der Waals surface area (Å²) in [7, 11) is 1.67. The summed E-state index contributed by atoms with van der Waals surface area (Å²) in [6.45, 7) is 5.23. The minimum absolute atomic E-state index is 0.0681. The molecule has 1 aromatic carbocycles. The van der Waals surface area contributed by atoms with E-state index in [0.717, 1.165) is 52.0 Å². The van der Waals surface area contributed by atoms with E-state index in [2.05, 4.69) is 9.97 Å². The molecule has 0 unspecified atom stereocenters. The van der Waals surface area contributed by atoms with E-state index in [1.165, 1.54) is 11.3 Å². The highest BCUT2D eigenvalue weighted by Crippen LogP contribution is 2.30. The van der Waals surface area contributed by atoms with Gasteiger partial charge in [-0.05, 0) is 32.8 Å². The van der Waals surface area contributed by atoms with Crippen molar-refractivity contribution in [3.63, 3.8) is 0 Å². The summed E-state index contributed by atoms with van der Waals surface area (Å²) in [5, 5.41) is 0.924. The lowest BCUT2D eigenvalue weighted by atomic mass is 9.98. The molecule has 3 heterocycles. The molecule has 1 saturated heterocycles. The number of hydrogen-bond acceptors (Lipinski definition) is 6. The summed E-state index contributed by atoms with van der Waals surface area (Å²) in [5.41, 5.74) is 1.88. The molecule has 1 aliphatic heterocycles. The normalized spacial score (nSPS) is 16.8. The SMILES string of the molecule is COc1ccccc1Cc1cnc([C@@H]2CCCN(C(=O)c3sc(C)nc3C)C2)o1. The fourth-order valence-corrected chi connectivity index (χ4v) is 4.75. The van der Waals surface area contributed by atoms with Gasteiger partial charge in [0.15, 0.2) is 5.89 Å². The minimum atomic E-state index is 0.0681. The van der Waals surface area contributed by atoms with Gasteiger partial charge >= 0.3 is 0 Å². The van der Waals surface area contributed by atoms with Crippen LogP contribution in [-0.2, 0) is 6.42 Å². The van der Waals surface area contributed by atoms with Gasteiger partial charge in [0.25, 0.3) is 5.91 Å². The molecule has 7 heteroatoms. The third-order valence-electron chi connectivity index (χ3n) is 5.28. The fraction of sp³-hybridized carbons (Fsp3) is 0.409. The molecule has 1 fully saturated rings. The Hall–Kier alpha value is -2.67. The molecular weight excluding hydrogens is 386 g/mol. The first-order chi connectivity index (χ1) is 14.0. The number of aryl methyl sites for hydroxylation is 2. The van der Waals surface area contributed by atoms with Crippen LogP contribution in [0, 0.1) is 13.8 Å². The van der Waals surface area contributed by atoms with E-state index in [1.807, 2.05) is 43.0 Å². The van der Waals surface area contributed by atoms with Crippen LogP contribution in [0.3, 0.4) is 0 Å². The lowest BCUT2D eigenvalue weighted by Crippen LogP contribution is -2.39. The lowest BCUT2D eigenvalue weighted by molar-refractivity contribution is 0.0702. The van der Waals surface area contributed by atoms with Crippen LogP contribution in [0.25, 0.3) is 0 Å². The second-order valence-corrected chi connectivity index (χ2v) is 8.59.